The third kappa shape index (κ3) is 3.43. The van der Waals surface area contributed by atoms with Crippen LogP contribution in [0.3, 0.4) is 0 Å². The van der Waals surface area contributed by atoms with Crippen LogP contribution < -0.4 is 4.90 Å². The summed E-state index contributed by atoms with van der Waals surface area (Å²) in [4.78, 5) is 36.1. The van der Waals surface area contributed by atoms with Gasteiger partial charge in [0.15, 0.2) is 10.8 Å². The summed E-state index contributed by atoms with van der Waals surface area (Å²) in [6.07, 6.45) is 2.09. The normalized spacial score (nSPS) is 15.1. The second-order valence-corrected chi connectivity index (χ2v) is 9.58. The van der Waals surface area contributed by atoms with E-state index in [1.165, 1.54) is 21.8 Å². The molecule has 1 amide bonds. The summed E-state index contributed by atoms with van der Waals surface area (Å²) >= 11 is 2.49. The number of imidazole rings is 1. The minimum absolute atomic E-state index is 0.422. The zero-order valence-electron chi connectivity index (χ0n) is 17.9. The van der Waals surface area contributed by atoms with Crippen LogP contribution in [0.2, 0.25) is 0 Å². The lowest BCUT2D eigenvalue weighted by Crippen LogP contribution is -2.41. The van der Waals surface area contributed by atoms with Crippen LogP contribution in [-0.2, 0) is 9.59 Å². The van der Waals surface area contributed by atoms with E-state index < -0.39 is 11.0 Å². The van der Waals surface area contributed by atoms with Gasteiger partial charge < -0.3 is 0 Å². The van der Waals surface area contributed by atoms with Gasteiger partial charge >= 0.3 is 5.91 Å². The molecule has 7 nitrogen and oxygen atoms in total. The Balaban J connectivity index is 1.86. The number of nitrogens with zero attached hydrogens (tertiary/aromatic N) is 5. The van der Waals surface area contributed by atoms with Gasteiger partial charge in [-0.1, -0.05) is 36.9 Å². The van der Waals surface area contributed by atoms with Gasteiger partial charge in [0.1, 0.15) is 5.69 Å². The molecule has 0 unspecified atom stereocenters. The SMILES string of the molecule is CCC(CC)c1cc(C)nn2c(-c3sc(N4CCSC(=O)C4=O)nc3C)c(C)nc12. The van der Waals surface area contributed by atoms with Crippen molar-refractivity contribution in [1.82, 2.24) is 19.6 Å². The molecule has 0 atom stereocenters. The molecule has 9 heteroatoms. The molecule has 0 aliphatic carbocycles. The molecule has 0 bridgehead atoms. The van der Waals surface area contributed by atoms with E-state index >= 15 is 0 Å². The molecule has 158 valence electrons. The van der Waals surface area contributed by atoms with Crippen molar-refractivity contribution in [2.24, 2.45) is 0 Å². The Hall–Kier alpha value is -2.26. The van der Waals surface area contributed by atoms with Crippen LogP contribution in [0.4, 0.5) is 5.13 Å². The molecule has 3 aromatic heterocycles. The van der Waals surface area contributed by atoms with Crippen LogP contribution in [0.25, 0.3) is 16.2 Å². The molecule has 3 aromatic rings. The van der Waals surface area contributed by atoms with Crippen molar-refractivity contribution in [2.75, 3.05) is 17.2 Å². The molecule has 0 saturated carbocycles. The summed E-state index contributed by atoms with van der Waals surface area (Å²) in [5.41, 5.74) is 5.66. The monoisotopic (exact) mass is 443 g/mol. The summed E-state index contributed by atoms with van der Waals surface area (Å²) in [7, 11) is 0. The molecular formula is C21H25N5O2S2. The highest BCUT2D eigenvalue weighted by Gasteiger charge is 2.31. The van der Waals surface area contributed by atoms with Crippen LogP contribution in [0, 0.1) is 20.8 Å². The molecule has 4 rings (SSSR count). The van der Waals surface area contributed by atoms with Gasteiger partial charge in [-0.25, -0.2) is 14.5 Å². The van der Waals surface area contributed by atoms with Crippen LogP contribution in [0.15, 0.2) is 6.07 Å². The number of amides is 1. The van der Waals surface area contributed by atoms with Crippen LogP contribution in [-0.4, -0.2) is 42.9 Å². The Morgan fingerprint density at radius 1 is 1.10 bits per heavy atom. The lowest BCUT2D eigenvalue weighted by Gasteiger charge is -2.22. The van der Waals surface area contributed by atoms with E-state index in [1.54, 1.807) is 0 Å². The Kier molecular flexibility index (Phi) is 5.67. The molecule has 1 aliphatic heterocycles. The minimum atomic E-state index is -0.494. The highest BCUT2D eigenvalue weighted by atomic mass is 32.2. The molecule has 1 aliphatic rings. The van der Waals surface area contributed by atoms with Gasteiger partial charge in [-0.3, -0.25) is 14.5 Å². The van der Waals surface area contributed by atoms with Gasteiger partial charge in [0.2, 0.25) is 0 Å². The number of anilines is 1. The van der Waals surface area contributed by atoms with E-state index in [-0.39, 0.29) is 0 Å². The Morgan fingerprint density at radius 3 is 2.53 bits per heavy atom. The van der Waals surface area contributed by atoms with Crippen molar-refractivity contribution in [2.45, 2.75) is 53.4 Å². The van der Waals surface area contributed by atoms with Gasteiger partial charge in [-0.15, -0.1) is 0 Å². The maximum Gasteiger partial charge on any atom is 0.307 e. The minimum Gasteiger partial charge on any atom is -0.280 e. The van der Waals surface area contributed by atoms with Gasteiger partial charge in [0.25, 0.3) is 5.12 Å². The number of fused-ring (bicyclic) bond motifs is 1. The number of carbonyl (C=O) groups excluding carboxylic acids is 2. The molecule has 4 heterocycles. The van der Waals surface area contributed by atoms with E-state index in [2.05, 4.69) is 24.9 Å². The summed E-state index contributed by atoms with van der Waals surface area (Å²) in [6.45, 7) is 10.8. The van der Waals surface area contributed by atoms with Crippen molar-refractivity contribution in [1.29, 1.82) is 0 Å². The average Bonchev–Trinajstić information content (AvgIpc) is 3.23. The second kappa shape index (κ2) is 8.11. The number of hydrogen-bond acceptors (Lipinski definition) is 7. The van der Waals surface area contributed by atoms with Gasteiger partial charge in [-0.2, -0.15) is 5.10 Å². The van der Waals surface area contributed by atoms with Crippen molar-refractivity contribution in [3.8, 4) is 10.6 Å². The lowest BCUT2D eigenvalue weighted by atomic mass is 9.95. The predicted molar refractivity (Wildman–Crippen MR) is 121 cm³/mol. The van der Waals surface area contributed by atoms with Crippen LogP contribution in [0.1, 0.15) is 55.3 Å². The highest BCUT2D eigenvalue weighted by molar-refractivity contribution is 8.15. The van der Waals surface area contributed by atoms with Gasteiger partial charge in [0.05, 0.1) is 22.0 Å². The zero-order valence-corrected chi connectivity index (χ0v) is 19.5. The van der Waals surface area contributed by atoms with E-state index in [9.17, 15) is 9.59 Å². The largest absolute Gasteiger partial charge is 0.307 e. The maximum atomic E-state index is 12.3. The number of thioether (sulfide) groups is 1. The molecule has 1 saturated heterocycles. The smallest absolute Gasteiger partial charge is 0.280 e. The number of aryl methyl sites for hydroxylation is 3. The molecule has 0 radical (unpaired) electrons. The lowest BCUT2D eigenvalue weighted by molar-refractivity contribution is -0.131. The van der Waals surface area contributed by atoms with E-state index in [0.717, 1.165) is 57.9 Å². The quantitative estimate of drug-likeness (QED) is 0.547. The predicted octanol–water partition coefficient (Wildman–Crippen LogP) is 4.29. The third-order valence-electron chi connectivity index (χ3n) is 5.53. The van der Waals surface area contributed by atoms with Crippen molar-refractivity contribution < 1.29 is 9.59 Å². The van der Waals surface area contributed by atoms with E-state index in [4.69, 9.17) is 10.1 Å². The fourth-order valence-electron chi connectivity index (χ4n) is 3.97. The number of rotatable bonds is 5. The van der Waals surface area contributed by atoms with Crippen LogP contribution >= 0.6 is 23.1 Å². The Labute approximate surface area is 183 Å². The van der Waals surface area contributed by atoms with Gasteiger partial charge in [0, 0.05) is 17.9 Å². The fraction of sp³-hybridized carbons (Fsp3) is 0.476. The maximum absolute atomic E-state index is 12.3. The summed E-state index contributed by atoms with van der Waals surface area (Å²) in [5, 5.41) is 4.91. The summed E-state index contributed by atoms with van der Waals surface area (Å²) < 4.78 is 1.93. The second-order valence-electron chi connectivity index (χ2n) is 7.54. The molecule has 30 heavy (non-hydrogen) atoms. The van der Waals surface area contributed by atoms with E-state index in [1.807, 2.05) is 25.3 Å². The molecule has 1 fully saturated rings. The number of carbonyl (C=O) groups is 2. The number of hydrogen-bond donors (Lipinski definition) is 0. The molecule has 0 N–H and O–H groups in total. The zero-order chi connectivity index (χ0) is 21.6. The van der Waals surface area contributed by atoms with Crippen molar-refractivity contribution in [3.05, 3.63) is 28.7 Å². The average molecular weight is 444 g/mol. The Morgan fingerprint density at radius 2 is 1.83 bits per heavy atom. The highest BCUT2D eigenvalue weighted by Crippen LogP contribution is 2.38. The standard InChI is InChI=1S/C21H25N5O2S2/c1-6-14(7-2)15-10-11(3)24-26-16(12(4)22-18(15)26)17-13(5)23-21(30-17)25-8-9-29-20(28)19(25)27/h10,14H,6-9H2,1-5H3. The number of aromatic nitrogens is 4. The van der Waals surface area contributed by atoms with Crippen molar-refractivity contribution >= 4 is 44.9 Å². The first-order chi connectivity index (χ1) is 14.3. The first-order valence-electron chi connectivity index (χ1n) is 10.2. The Bertz CT molecular complexity index is 1150. The fourth-order valence-corrected chi connectivity index (χ4v) is 5.84. The first-order valence-corrected chi connectivity index (χ1v) is 12.0. The third-order valence-corrected chi connectivity index (χ3v) is 7.54. The molecule has 0 aromatic carbocycles. The summed E-state index contributed by atoms with van der Waals surface area (Å²) in [5.74, 6) is 0.523. The topological polar surface area (TPSA) is 80.5 Å². The van der Waals surface area contributed by atoms with Gasteiger partial charge in [-0.05, 0) is 45.6 Å². The molecular weight excluding hydrogens is 418 g/mol. The number of thiazole rings is 1. The molecule has 0 spiro atoms. The summed E-state index contributed by atoms with van der Waals surface area (Å²) in [6, 6.07) is 2.14. The van der Waals surface area contributed by atoms with Crippen LogP contribution in [0.5, 0.6) is 0 Å². The first kappa shape index (κ1) is 21.0. The van der Waals surface area contributed by atoms with E-state index in [0.29, 0.717) is 23.3 Å². The van der Waals surface area contributed by atoms with Crippen molar-refractivity contribution in [3.63, 3.8) is 0 Å².